The van der Waals surface area contributed by atoms with E-state index in [1.807, 2.05) is 5.06 Å². The lowest BCUT2D eigenvalue weighted by Gasteiger charge is -2.51. The number of hydrogen-bond acceptors (Lipinski definition) is 3. The summed E-state index contributed by atoms with van der Waals surface area (Å²) in [5.74, 6) is -0.226. The molecule has 3 nitrogen and oxygen atoms in total. The summed E-state index contributed by atoms with van der Waals surface area (Å²) >= 11 is 0. The van der Waals surface area contributed by atoms with Gasteiger partial charge < -0.3 is 4.84 Å². The lowest BCUT2D eigenvalue weighted by molar-refractivity contribution is -0.245. The third kappa shape index (κ3) is 1.92. The normalized spacial score (nSPS) is 25.8. The van der Waals surface area contributed by atoms with E-state index in [-0.39, 0.29) is 16.9 Å². The zero-order chi connectivity index (χ0) is 11.0. The van der Waals surface area contributed by atoms with Crippen molar-refractivity contribution in [1.29, 1.82) is 0 Å². The van der Waals surface area contributed by atoms with Gasteiger partial charge in [-0.3, -0.25) is 4.79 Å². The first-order valence-electron chi connectivity index (χ1n) is 5.23. The fraction of sp³-hybridized carbons (Fsp3) is 0.909. The Morgan fingerprint density at radius 1 is 1.29 bits per heavy atom. The van der Waals surface area contributed by atoms with Gasteiger partial charge in [-0.05, 0) is 32.1 Å². The van der Waals surface area contributed by atoms with Crippen molar-refractivity contribution >= 4 is 5.97 Å². The summed E-state index contributed by atoms with van der Waals surface area (Å²) in [5, 5.41) is 1.83. The van der Waals surface area contributed by atoms with Crippen LogP contribution in [0.25, 0.3) is 0 Å². The molecule has 1 aliphatic rings. The van der Waals surface area contributed by atoms with Crippen LogP contribution < -0.4 is 0 Å². The van der Waals surface area contributed by atoms with Gasteiger partial charge in [-0.2, -0.15) is 0 Å². The number of hydroxylamine groups is 2. The molecule has 0 aromatic carbocycles. The molecule has 0 saturated carbocycles. The van der Waals surface area contributed by atoms with Gasteiger partial charge in [0.05, 0.1) is 5.54 Å². The third-order valence-corrected chi connectivity index (χ3v) is 3.68. The standard InChI is InChI=1S/C11H21NO2/c1-9(13)14-12-8-6-7-10(2,3)11(12,4)5/h6-8H2,1-5H3. The highest BCUT2D eigenvalue weighted by Crippen LogP contribution is 2.43. The second-order valence-electron chi connectivity index (χ2n) is 5.23. The molecular weight excluding hydrogens is 178 g/mol. The van der Waals surface area contributed by atoms with Gasteiger partial charge in [0.15, 0.2) is 0 Å². The molecule has 0 aliphatic carbocycles. The van der Waals surface area contributed by atoms with E-state index in [4.69, 9.17) is 4.84 Å². The highest BCUT2D eigenvalue weighted by atomic mass is 16.7. The second kappa shape index (κ2) is 3.54. The zero-order valence-corrected chi connectivity index (χ0v) is 9.89. The zero-order valence-electron chi connectivity index (χ0n) is 9.89. The van der Waals surface area contributed by atoms with Crippen molar-refractivity contribution < 1.29 is 9.63 Å². The number of carbonyl (C=O) groups excluding carboxylic acids is 1. The van der Waals surface area contributed by atoms with Crippen LogP contribution in [0.2, 0.25) is 0 Å². The van der Waals surface area contributed by atoms with Crippen molar-refractivity contribution in [3.63, 3.8) is 0 Å². The Kier molecular flexibility index (Phi) is 2.91. The summed E-state index contributed by atoms with van der Waals surface area (Å²) in [5.41, 5.74) is 0.0949. The molecule has 0 aromatic rings. The van der Waals surface area contributed by atoms with Gasteiger partial charge >= 0.3 is 5.97 Å². The van der Waals surface area contributed by atoms with E-state index < -0.39 is 0 Å². The molecule has 0 N–H and O–H groups in total. The first-order chi connectivity index (χ1) is 6.27. The predicted molar refractivity (Wildman–Crippen MR) is 55.6 cm³/mol. The van der Waals surface area contributed by atoms with Crippen LogP contribution in [0.4, 0.5) is 0 Å². The number of hydrogen-bond donors (Lipinski definition) is 0. The smallest absolute Gasteiger partial charge is 0.322 e. The molecule has 1 heterocycles. The van der Waals surface area contributed by atoms with E-state index in [2.05, 4.69) is 27.7 Å². The summed E-state index contributed by atoms with van der Waals surface area (Å²) in [6.07, 6.45) is 2.27. The molecule has 0 atom stereocenters. The molecule has 0 bridgehead atoms. The van der Waals surface area contributed by atoms with Crippen LogP contribution in [0.5, 0.6) is 0 Å². The van der Waals surface area contributed by atoms with Crippen molar-refractivity contribution in [2.24, 2.45) is 5.41 Å². The van der Waals surface area contributed by atoms with Gasteiger partial charge in [-0.25, -0.2) is 0 Å². The number of rotatable bonds is 1. The number of carbonyl (C=O) groups is 1. The molecule has 0 amide bonds. The van der Waals surface area contributed by atoms with Crippen LogP contribution in [0.3, 0.4) is 0 Å². The molecule has 0 unspecified atom stereocenters. The fourth-order valence-corrected chi connectivity index (χ4v) is 1.90. The molecule has 82 valence electrons. The van der Waals surface area contributed by atoms with Crippen LogP contribution in [0.15, 0.2) is 0 Å². The van der Waals surface area contributed by atoms with Gasteiger partial charge in [0.2, 0.25) is 0 Å². The van der Waals surface area contributed by atoms with Crippen LogP contribution in [-0.2, 0) is 9.63 Å². The maximum atomic E-state index is 10.9. The van der Waals surface area contributed by atoms with E-state index in [1.54, 1.807) is 0 Å². The predicted octanol–water partition coefficient (Wildman–Crippen LogP) is 2.37. The summed E-state index contributed by atoms with van der Waals surface area (Å²) < 4.78 is 0. The second-order valence-corrected chi connectivity index (χ2v) is 5.23. The lowest BCUT2D eigenvalue weighted by atomic mass is 9.69. The van der Waals surface area contributed by atoms with E-state index in [0.717, 1.165) is 13.0 Å². The monoisotopic (exact) mass is 199 g/mol. The van der Waals surface area contributed by atoms with Gasteiger partial charge in [0.25, 0.3) is 0 Å². The molecular formula is C11H21NO2. The van der Waals surface area contributed by atoms with E-state index in [9.17, 15) is 4.79 Å². The van der Waals surface area contributed by atoms with Crippen molar-refractivity contribution in [3.05, 3.63) is 0 Å². The highest BCUT2D eigenvalue weighted by molar-refractivity contribution is 5.65. The Labute approximate surface area is 86.4 Å². The fourth-order valence-electron chi connectivity index (χ4n) is 1.90. The van der Waals surface area contributed by atoms with E-state index in [1.165, 1.54) is 13.3 Å². The van der Waals surface area contributed by atoms with Gasteiger partial charge in [0, 0.05) is 13.5 Å². The Bertz CT molecular complexity index is 233. The topological polar surface area (TPSA) is 29.5 Å². The summed E-state index contributed by atoms with van der Waals surface area (Å²) in [7, 11) is 0. The molecule has 3 heteroatoms. The average molecular weight is 199 g/mol. The van der Waals surface area contributed by atoms with Crippen LogP contribution in [-0.4, -0.2) is 23.1 Å². The summed E-state index contributed by atoms with van der Waals surface area (Å²) in [4.78, 5) is 16.2. The number of nitrogens with zero attached hydrogens (tertiary/aromatic N) is 1. The van der Waals surface area contributed by atoms with Crippen LogP contribution in [0.1, 0.15) is 47.5 Å². The van der Waals surface area contributed by atoms with Crippen molar-refractivity contribution in [3.8, 4) is 0 Å². The summed E-state index contributed by atoms with van der Waals surface area (Å²) in [6, 6.07) is 0. The Hall–Kier alpha value is -0.570. The van der Waals surface area contributed by atoms with Gasteiger partial charge in [-0.1, -0.05) is 13.8 Å². The van der Waals surface area contributed by atoms with Crippen molar-refractivity contribution in [1.82, 2.24) is 5.06 Å². The van der Waals surface area contributed by atoms with Gasteiger partial charge in [0.1, 0.15) is 0 Å². The Morgan fingerprint density at radius 3 is 2.36 bits per heavy atom. The molecule has 1 saturated heterocycles. The highest BCUT2D eigenvalue weighted by Gasteiger charge is 2.46. The molecule has 0 spiro atoms. The Morgan fingerprint density at radius 2 is 1.86 bits per heavy atom. The first-order valence-corrected chi connectivity index (χ1v) is 5.23. The SMILES string of the molecule is CC(=O)ON1CCCC(C)(C)C1(C)C. The molecule has 1 aliphatic heterocycles. The van der Waals surface area contributed by atoms with E-state index >= 15 is 0 Å². The van der Waals surface area contributed by atoms with Crippen molar-refractivity contribution in [2.45, 2.75) is 53.0 Å². The minimum Gasteiger partial charge on any atom is -0.368 e. The van der Waals surface area contributed by atoms with E-state index in [0.29, 0.717) is 0 Å². The Balaban J connectivity index is 2.81. The average Bonchev–Trinajstić information content (AvgIpc) is 1.98. The largest absolute Gasteiger partial charge is 0.368 e. The first kappa shape index (κ1) is 11.5. The molecule has 1 fully saturated rings. The molecule has 1 rings (SSSR count). The molecule has 14 heavy (non-hydrogen) atoms. The minimum absolute atomic E-state index is 0.0864. The maximum absolute atomic E-state index is 10.9. The molecule has 0 aromatic heterocycles. The van der Waals surface area contributed by atoms with Crippen LogP contribution >= 0.6 is 0 Å². The minimum atomic E-state index is -0.226. The van der Waals surface area contributed by atoms with Crippen LogP contribution in [0, 0.1) is 5.41 Å². The molecule has 0 radical (unpaired) electrons. The number of piperidine rings is 1. The third-order valence-electron chi connectivity index (χ3n) is 3.68. The lowest BCUT2D eigenvalue weighted by Crippen LogP contribution is -2.57. The van der Waals surface area contributed by atoms with Gasteiger partial charge in [-0.15, -0.1) is 5.06 Å². The quantitative estimate of drug-likeness (QED) is 0.649. The maximum Gasteiger partial charge on any atom is 0.322 e. The van der Waals surface area contributed by atoms with Crippen molar-refractivity contribution in [2.75, 3.05) is 6.54 Å². The summed E-state index contributed by atoms with van der Waals surface area (Å²) in [6.45, 7) is 11.0.